The number of sulfone groups is 1. The number of aromatic nitrogens is 2. The van der Waals surface area contributed by atoms with E-state index in [0.717, 1.165) is 24.5 Å². The molecule has 3 rings (SSSR count). The van der Waals surface area contributed by atoms with Gasteiger partial charge in [0.25, 0.3) is 5.91 Å². The van der Waals surface area contributed by atoms with Gasteiger partial charge >= 0.3 is 0 Å². The van der Waals surface area contributed by atoms with Crippen LogP contribution in [0.25, 0.3) is 0 Å². The highest BCUT2D eigenvalue weighted by atomic mass is 32.2. The largest absolute Gasteiger partial charge is 0.438 e. The fourth-order valence-electron chi connectivity index (χ4n) is 2.64. The molecule has 1 amide bonds. The Labute approximate surface area is 170 Å². The van der Waals surface area contributed by atoms with Crippen molar-refractivity contribution < 1.29 is 17.9 Å². The molecule has 1 unspecified atom stereocenters. The highest BCUT2D eigenvalue weighted by molar-refractivity contribution is 7.93. The number of hydrogen-bond donors (Lipinski definition) is 1. The van der Waals surface area contributed by atoms with E-state index >= 15 is 0 Å². The summed E-state index contributed by atoms with van der Waals surface area (Å²) in [5.74, 6) is 0.881. The van der Waals surface area contributed by atoms with Crippen LogP contribution in [-0.4, -0.2) is 50.7 Å². The van der Waals surface area contributed by atoms with Crippen LogP contribution >= 0.6 is 0 Å². The third-order valence-corrected chi connectivity index (χ3v) is 4.96. The zero-order valence-electron chi connectivity index (χ0n) is 16.6. The second kappa shape index (κ2) is 8.60. The summed E-state index contributed by atoms with van der Waals surface area (Å²) in [6, 6.07) is 8.65. The van der Waals surface area contributed by atoms with E-state index in [1.54, 1.807) is 31.1 Å². The topological polar surface area (TPSA) is 101 Å². The van der Waals surface area contributed by atoms with Crippen molar-refractivity contribution >= 4 is 21.7 Å². The predicted octanol–water partition coefficient (Wildman–Crippen LogP) is 2.40. The van der Waals surface area contributed by atoms with Gasteiger partial charge in [-0.1, -0.05) is 24.3 Å². The van der Waals surface area contributed by atoms with Crippen LogP contribution in [0.2, 0.25) is 0 Å². The normalized spacial score (nSPS) is 15.1. The van der Waals surface area contributed by atoms with Gasteiger partial charge in [0.2, 0.25) is 11.8 Å². The van der Waals surface area contributed by atoms with Crippen molar-refractivity contribution in [2.24, 2.45) is 5.92 Å². The van der Waals surface area contributed by atoms with Crippen LogP contribution < -0.4 is 15.0 Å². The van der Waals surface area contributed by atoms with Gasteiger partial charge in [-0.05, 0) is 30.9 Å². The summed E-state index contributed by atoms with van der Waals surface area (Å²) in [7, 11) is 0.308. The lowest BCUT2D eigenvalue weighted by atomic mass is 10.1. The molecule has 154 valence electrons. The van der Waals surface area contributed by atoms with Crippen molar-refractivity contribution in [1.29, 1.82) is 0 Å². The first-order valence-electron chi connectivity index (χ1n) is 9.19. The fourth-order valence-corrected chi connectivity index (χ4v) is 3.10. The van der Waals surface area contributed by atoms with Gasteiger partial charge in [-0.25, -0.2) is 13.4 Å². The summed E-state index contributed by atoms with van der Waals surface area (Å²) in [6.45, 7) is 0. The quantitative estimate of drug-likeness (QED) is 0.705. The average molecular weight is 417 g/mol. The molecule has 1 N–H and O–H groups in total. The molecular formula is C20H24N4O4S. The molecule has 0 saturated heterocycles. The number of hydrogen-bond acceptors (Lipinski definition) is 7. The fraction of sp³-hybridized carbons (Fsp3) is 0.350. The van der Waals surface area contributed by atoms with Crippen molar-refractivity contribution in [2.75, 3.05) is 25.3 Å². The number of para-hydroxylation sites is 1. The summed E-state index contributed by atoms with van der Waals surface area (Å²) >= 11 is 0. The lowest BCUT2D eigenvalue weighted by molar-refractivity contribution is 0.0937. The molecule has 0 aliphatic heterocycles. The first kappa shape index (κ1) is 20.8. The summed E-state index contributed by atoms with van der Waals surface area (Å²) in [6.07, 6.45) is 5.93. The van der Waals surface area contributed by atoms with Crippen LogP contribution in [0.15, 0.2) is 48.0 Å². The first-order chi connectivity index (χ1) is 13.7. The van der Waals surface area contributed by atoms with Crippen molar-refractivity contribution in [3.63, 3.8) is 0 Å². The molecule has 8 nitrogen and oxygen atoms in total. The van der Waals surface area contributed by atoms with Gasteiger partial charge in [0, 0.05) is 32.0 Å². The molecule has 1 atom stereocenters. The Hall–Kier alpha value is -2.94. The van der Waals surface area contributed by atoms with E-state index in [4.69, 9.17) is 4.74 Å². The Morgan fingerprint density at radius 3 is 2.55 bits per heavy atom. The SMILES string of the molecule is CN(C)c1ncc(C(=O)NC(/C=C/S(C)(=O)=O)C2CC2)c(Oc2ccccc2)n1. The highest BCUT2D eigenvalue weighted by Crippen LogP contribution is 2.34. The Morgan fingerprint density at radius 2 is 1.97 bits per heavy atom. The van der Waals surface area contributed by atoms with Gasteiger partial charge in [-0.3, -0.25) is 4.79 Å². The zero-order valence-corrected chi connectivity index (χ0v) is 17.4. The van der Waals surface area contributed by atoms with Crippen molar-refractivity contribution in [3.05, 3.63) is 53.6 Å². The van der Waals surface area contributed by atoms with Crippen molar-refractivity contribution in [3.8, 4) is 11.6 Å². The molecule has 1 aliphatic carbocycles. The van der Waals surface area contributed by atoms with Crippen LogP contribution in [0.4, 0.5) is 5.95 Å². The summed E-state index contributed by atoms with van der Waals surface area (Å²) < 4.78 is 28.7. The molecule has 29 heavy (non-hydrogen) atoms. The van der Waals surface area contributed by atoms with E-state index in [1.165, 1.54) is 12.3 Å². The van der Waals surface area contributed by atoms with E-state index in [1.807, 2.05) is 18.2 Å². The molecule has 1 aliphatic rings. The molecule has 1 saturated carbocycles. The molecule has 1 heterocycles. The van der Waals surface area contributed by atoms with E-state index in [2.05, 4.69) is 15.3 Å². The van der Waals surface area contributed by atoms with Crippen LogP contribution in [0.3, 0.4) is 0 Å². The Morgan fingerprint density at radius 1 is 1.28 bits per heavy atom. The number of anilines is 1. The van der Waals surface area contributed by atoms with Crippen molar-refractivity contribution in [1.82, 2.24) is 15.3 Å². The lowest BCUT2D eigenvalue weighted by Gasteiger charge is -2.17. The Balaban J connectivity index is 1.87. The maximum absolute atomic E-state index is 12.9. The molecule has 9 heteroatoms. The van der Waals surface area contributed by atoms with Crippen molar-refractivity contribution in [2.45, 2.75) is 18.9 Å². The number of carbonyl (C=O) groups is 1. The molecule has 0 radical (unpaired) electrons. The van der Waals surface area contributed by atoms with Gasteiger partial charge in [0.05, 0.1) is 6.04 Å². The predicted molar refractivity (Wildman–Crippen MR) is 111 cm³/mol. The second-order valence-electron chi connectivity index (χ2n) is 7.19. The van der Waals surface area contributed by atoms with Crippen LogP contribution in [0.1, 0.15) is 23.2 Å². The second-order valence-corrected chi connectivity index (χ2v) is 9.12. The maximum Gasteiger partial charge on any atom is 0.258 e. The van der Waals surface area contributed by atoms with Gasteiger partial charge in [0.1, 0.15) is 11.3 Å². The molecule has 1 aromatic heterocycles. The Bertz CT molecular complexity index is 1000. The minimum atomic E-state index is -3.28. The summed E-state index contributed by atoms with van der Waals surface area (Å²) in [5, 5.41) is 4.01. The number of nitrogens with zero attached hydrogens (tertiary/aromatic N) is 3. The monoisotopic (exact) mass is 416 g/mol. The van der Waals surface area contributed by atoms with Crippen LogP contribution in [0, 0.1) is 5.92 Å². The molecule has 2 aromatic rings. The summed E-state index contributed by atoms with van der Waals surface area (Å²) in [5.41, 5.74) is 0.179. The minimum Gasteiger partial charge on any atom is -0.438 e. The third kappa shape index (κ3) is 6.02. The van der Waals surface area contributed by atoms with Gasteiger partial charge in [0.15, 0.2) is 9.84 Å². The van der Waals surface area contributed by atoms with E-state index in [9.17, 15) is 13.2 Å². The average Bonchev–Trinajstić information content (AvgIpc) is 3.50. The Kier molecular flexibility index (Phi) is 6.17. The van der Waals surface area contributed by atoms with E-state index in [-0.39, 0.29) is 23.4 Å². The number of carbonyl (C=O) groups excluding carboxylic acids is 1. The van der Waals surface area contributed by atoms with E-state index in [0.29, 0.717) is 11.7 Å². The molecule has 0 bridgehead atoms. The third-order valence-electron chi connectivity index (χ3n) is 4.30. The number of ether oxygens (including phenoxy) is 1. The number of nitrogens with one attached hydrogen (secondary N) is 1. The number of benzene rings is 1. The molecule has 0 spiro atoms. The minimum absolute atomic E-state index is 0.133. The van der Waals surface area contributed by atoms with Crippen LogP contribution in [-0.2, 0) is 9.84 Å². The number of amides is 1. The first-order valence-corrected chi connectivity index (χ1v) is 11.1. The van der Waals surface area contributed by atoms with Gasteiger partial charge in [-0.15, -0.1) is 0 Å². The molecular weight excluding hydrogens is 392 g/mol. The lowest BCUT2D eigenvalue weighted by Crippen LogP contribution is -2.35. The number of rotatable bonds is 8. The standard InChI is InChI=1S/C20H24N4O4S/c1-24(2)20-21-13-16(19(23-20)28-15-7-5-4-6-8-15)18(25)22-17(14-9-10-14)11-12-29(3,26)27/h4-8,11-14,17H,9-10H2,1-3H3,(H,22,25)/b12-11+. The van der Waals surface area contributed by atoms with Gasteiger partial charge in [-0.2, -0.15) is 4.98 Å². The maximum atomic E-state index is 12.9. The molecule has 1 fully saturated rings. The van der Waals surface area contributed by atoms with Crippen LogP contribution in [0.5, 0.6) is 11.6 Å². The smallest absolute Gasteiger partial charge is 0.258 e. The molecule has 1 aromatic carbocycles. The van der Waals surface area contributed by atoms with E-state index < -0.39 is 15.7 Å². The summed E-state index contributed by atoms with van der Waals surface area (Å²) in [4.78, 5) is 23.2. The van der Waals surface area contributed by atoms with Gasteiger partial charge < -0.3 is 15.0 Å². The highest BCUT2D eigenvalue weighted by Gasteiger charge is 2.32. The zero-order chi connectivity index (χ0) is 21.0.